The van der Waals surface area contributed by atoms with Crippen LogP contribution in [-0.2, 0) is 9.59 Å². The molecule has 0 rings (SSSR count). The minimum absolute atomic E-state index is 0.345. The molecular weight excluding hydrogens is 472 g/mol. The molecule has 2 N–H and O–H groups in total. The van der Waals surface area contributed by atoms with Gasteiger partial charge >= 0.3 is 11.9 Å². The molecule has 0 spiro atoms. The van der Waals surface area contributed by atoms with Gasteiger partial charge in [-0.1, -0.05) is 181 Å². The van der Waals surface area contributed by atoms with Crippen molar-refractivity contribution in [2.45, 2.75) is 206 Å². The summed E-state index contributed by atoms with van der Waals surface area (Å²) in [5, 5.41) is 17.0. The predicted molar refractivity (Wildman–Crippen MR) is 165 cm³/mol. The van der Waals surface area contributed by atoms with Gasteiger partial charge in [-0.25, -0.2) is 0 Å². The molecular formula is C34H68O4. The largest absolute Gasteiger partial charge is 0.481 e. The standard InChI is InChI=1S/C19H38O2.C15H30O2/c1-2-3-4-5-6-7-8-9-10-11-12-13-14-15-16-17-18-19(20)21;1-2-3-4-5-6-7-8-9-10-11-12-13-14-15(16)17/h2-18H2,1H3,(H,20,21);2-14H2,1H3,(H,16,17). The summed E-state index contributed by atoms with van der Waals surface area (Å²) in [5.41, 5.74) is 0. The summed E-state index contributed by atoms with van der Waals surface area (Å²) < 4.78 is 0. The van der Waals surface area contributed by atoms with Crippen LogP contribution in [0.4, 0.5) is 0 Å². The first-order valence-electron chi connectivity index (χ1n) is 17.0. The number of carboxylic acids is 2. The molecule has 38 heavy (non-hydrogen) atoms. The van der Waals surface area contributed by atoms with Gasteiger partial charge in [-0.3, -0.25) is 9.59 Å². The minimum atomic E-state index is -0.655. The van der Waals surface area contributed by atoms with Crippen LogP contribution in [0.15, 0.2) is 0 Å². The van der Waals surface area contributed by atoms with Crippen molar-refractivity contribution in [3.8, 4) is 0 Å². The van der Waals surface area contributed by atoms with Gasteiger partial charge in [0.15, 0.2) is 0 Å². The lowest BCUT2D eigenvalue weighted by molar-refractivity contribution is -0.138. The monoisotopic (exact) mass is 541 g/mol. The number of hydrogen-bond acceptors (Lipinski definition) is 2. The fraction of sp³-hybridized carbons (Fsp3) is 0.941. The van der Waals surface area contributed by atoms with Crippen LogP contribution in [-0.4, -0.2) is 22.2 Å². The van der Waals surface area contributed by atoms with Crippen LogP contribution in [0.2, 0.25) is 0 Å². The highest BCUT2D eigenvalue weighted by Crippen LogP contribution is 2.14. The van der Waals surface area contributed by atoms with Crippen LogP contribution in [0.1, 0.15) is 206 Å². The molecule has 0 fully saturated rings. The molecule has 0 aliphatic carbocycles. The zero-order valence-electron chi connectivity index (χ0n) is 25.9. The van der Waals surface area contributed by atoms with Crippen molar-refractivity contribution in [3.63, 3.8) is 0 Å². The average molecular weight is 541 g/mol. The van der Waals surface area contributed by atoms with E-state index in [4.69, 9.17) is 10.2 Å². The lowest BCUT2D eigenvalue weighted by atomic mass is 10.0. The fourth-order valence-electron chi connectivity index (χ4n) is 4.94. The second kappa shape index (κ2) is 35.9. The van der Waals surface area contributed by atoms with Crippen LogP contribution >= 0.6 is 0 Å². The van der Waals surface area contributed by atoms with Gasteiger partial charge in [0.25, 0.3) is 0 Å². The normalized spacial score (nSPS) is 10.8. The highest BCUT2D eigenvalue weighted by molar-refractivity contribution is 5.66. The Balaban J connectivity index is 0. The first kappa shape index (κ1) is 39.1. The van der Waals surface area contributed by atoms with E-state index in [9.17, 15) is 9.59 Å². The molecule has 0 saturated carbocycles. The average Bonchev–Trinajstić information content (AvgIpc) is 2.89. The summed E-state index contributed by atoms with van der Waals surface area (Å²) in [7, 11) is 0. The molecule has 0 bridgehead atoms. The molecule has 0 heterocycles. The van der Waals surface area contributed by atoms with Gasteiger partial charge in [-0.2, -0.15) is 0 Å². The van der Waals surface area contributed by atoms with E-state index in [0.29, 0.717) is 12.8 Å². The van der Waals surface area contributed by atoms with Crippen LogP contribution in [0.5, 0.6) is 0 Å². The molecule has 0 aromatic carbocycles. The van der Waals surface area contributed by atoms with Gasteiger partial charge in [0.2, 0.25) is 0 Å². The van der Waals surface area contributed by atoms with E-state index >= 15 is 0 Å². The summed E-state index contributed by atoms with van der Waals surface area (Å²) in [6.07, 6.45) is 37.5. The van der Waals surface area contributed by atoms with Crippen molar-refractivity contribution >= 4 is 11.9 Å². The van der Waals surface area contributed by atoms with Crippen LogP contribution in [0.3, 0.4) is 0 Å². The number of aliphatic carboxylic acids is 2. The Morgan fingerprint density at radius 3 is 0.632 bits per heavy atom. The van der Waals surface area contributed by atoms with E-state index in [2.05, 4.69) is 13.8 Å². The summed E-state index contributed by atoms with van der Waals surface area (Å²) in [6, 6.07) is 0. The van der Waals surface area contributed by atoms with E-state index in [1.165, 1.54) is 154 Å². The van der Waals surface area contributed by atoms with Crippen molar-refractivity contribution in [3.05, 3.63) is 0 Å². The minimum Gasteiger partial charge on any atom is -0.481 e. The van der Waals surface area contributed by atoms with Crippen molar-refractivity contribution in [2.75, 3.05) is 0 Å². The van der Waals surface area contributed by atoms with Crippen molar-refractivity contribution in [1.29, 1.82) is 0 Å². The topological polar surface area (TPSA) is 74.6 Å². The van der Waals surface area contributed by atoms with Gasteiger partial charge < -0.3 is 10.2 Å². The fourth-order valence-corrected chi connectivity index (χ4v) is 4.94. The van der Waals surface area contributed by atoms with Crippen molar-refractivity contribution in [1.82, 2.24) is 0 Å². The molecule has 4 nitrogen and oxygen atoms in total. The molecule has 0 aromatic rings. The Labute approximate surface area is 238 Å². The molecule has 0 aromatic heterocycles. The molecule has 4 heteroatoms. The van der Waals surface area contributed by atoms with Gasteiger partial charge in [0, 0.05) is 12.8 Å². The van der Waals surface area contributed by atoms with Gasteiger partial charge in [0.1, 0.15) is 0 Å². The third kappa shape index (κ3) is 42.0. The maximum Gasteiger partial charge on any atom is 0.303 e. The zero-order valence-corrected chi connectivity index (χ0v) is 25.9. The van der Waals surface area contributed by atoms with E-state index in [1.54, 1.807) is 0 Å². The van der Waals surface area contributed by atoms with E-state index in [-0.39, 0.29) is 0 Å². The van der Waals surface area contributed by atoms with E-state index in [1.807, 2.05) is 0 Å². The van der Waals surface area contributed by atoms with E-state index in [0.717, 1.165) is 25.7 Å². The third-order valence-electron chi connectivity index (χ3n) is 7.49. The number of unbranched alkanes of at least 4 members (excludes halogenated alkanes) is 26. The Kier molecular flexibility index (Phi) is 37.0. The Bertz CT molecular complexity index is 463. The summed E-state index contributed by atoms with van der Waals surface area (Å²) in [5.74, 6) is -1.31. The highest BCUT2D eigenvalue weighted by Gasteiger charge is 1.98. The number of hydrogen-bond donors (Lipinski definition) is 2. The zero-order chi connectivity index (χ0) is 28.4. The number of carboxylic acid groups (broad SMARTS) is 2. The van der Waals surface area contributed by atoms with Crippen molar-refractivity contribution in [2.24, 2.45) is 0 Å². The van der Waals surface area contributed by atoms with E-state index < -0.39 is 11.9 Å². The lowest BCUT2D eigenvalue weighted by Gasteiger charge is -2.03. The third-order valence-corrected chi connectivity index (χ3v) is 7.49. The van der Waals surface area contributed by atoms with Gasteiger partial charge in [-0.05, 0) is 12.8 Å². The molecule has 0 saturated heterocycles. The van der Waals surface area contributed by atoms with Crippen LogP contribution in [0, 0.1) is 0 Å². The van der Waals surface area contributed by atoms with Crippen LogP contribution in [0.25, 0.3) is 0 Å². The SMILES string of the molecule is CCCCCCCCCCCCCCC(=O)O.CCCCCCCCCCCCCCCCCCC(=O)O. The predicted octanol–water partition coefficient (Wildman–Crippen LogP) is 11.9. The smallest absolute Gasteiger partial charge is 0.303 e. The second-order valence-corrected chi connectivity index (χ2v) is 11.5. The summed E-state index contributed by atoms with van der Waals surface area (Å²) >= 11 is 0. The molecule has 228 valence electrons. The summed E-state index contributed by atoms with van der Waals surface area (Å²) in [4.78, 5) is 20.6. The number of carbonyl (C=O) groups is 2. The van der Waals surface area contributed by atoms with Gasteiger partial charge in [0.05, 0.1) is 0 Å². The first-order chi connectivity index (χ1) is 18.5. The molecule has 0 aliphatic heterocycles. The Morgan fingerprint density at radius 2 is 0.474 bits per heavy atom. The maximum atomic E-state index is 10.3. The Hall–Kier alpha value is -1.06. The molecule has 0 atom stereocenters. The molecule has 0 amide bonds. The van der Waals surface area contributed by atoms with Crippen LogP contribution < -0.4 is 0 Å². The Morgan fingerprint density at radius 1 is 0.316 bits per heavy atom. The quantitative estimate of drug-likeness (QED) is 0.0888. The lowest BCUT2D eigenvalue weighted by Crippen LogP contribution is -1.93. The van der Waals surface area contributed by atoms with Gasteiger partial charge in [-0.15, -0.1) is 0 Å². The first-order valence-corrected chi connectivity index (χ1v) is 17.0. The van der Waals surface area contributed by atoms with Crippen molar-refractivity contribution < 1.29 is 19.8 Å². The summed E-state index contributed by atoms with van der Waals surface area (Å²) in [6.45, 7) is 4.53. The maximum absolute atomic E-state index is 10.3. The molecule has 0 radical (unpaired) electrons. The molecule has 0 aliphatic rings. The number of rotatable bonds is 30. The molecule has 0 unspecified atom stereocenters. The highest BCUT2D eigenvalue weighted by atomic mass is 16.4. The second-order valence-electron chi connectivity index (χ2n) is 11.5.